The highest BCUT2D eigenvalue weighted by molar-refractivity contribution is 5.66. The minimum atomic E-state index is -5.31. The molecule has 0 aromatic heterocycles. The number of aryl methyl sites for hydroxylation is 1. The smallest absolute Gasteiger partial charge is 0.399 e. The Hall–Kier alpha value is -2.25. The molecule has 0 spiro atoms. The first kappa shape index (κ1) is 30.7. The number of alkyl halides is 3. The maximum absolute atomic E-state index is 14.8. The summed E-state index contributed by atoms with van der Waals surface area (Å²) in [6, 6.07) is 3.13. The molecule has 2 aliphatic carbocycles. The highest BCUT2D eigenvalue weighted by atomic mass is 19.4. The van der Waals surface area contributed by atoms with Crippen molar-refractivity contribution < 1.29 is 35.5 Å². The van der Waals surface area contributed by atoms with Crippen LogP contribution in [-0.2, 0) is 6.42 Å². The molecule has 4 rings (SSSR count). The van der Waals surface area contributed by atoms with Crippen LogP contribution in [0.1, 0.15) is 96.0 Å². The molecule has 0 N–H and O–H groups in total. The maximum atomic E-state index is 14.8. The lowest BCUT2D eigenvalue weighted by Gasteiger charge is -2.29. The van der Waals surface area contributed by atoms with Crippen LogP contribution < -0.4 is 4.74 Å². The summed E-state index contributed by atoms with van der Waals surface area (Å²) >= 11 is 0. The van der Waals surface area contributed by atoms with E-state index < -0.39 is 46.5 Å². The van der Waals surface area contributed by atoms with Crippen LogP contribution in [0.3, 0.4) is 0 Å². The van der Waals surface area contributed by atoms with E-state index >= 15 is 0 Å². The predicted molar refractivity (Wildman–Crippen MR) is 142 cm³/mol. The Kier molecular flexibility index (Phi) is 10.4. The number of rotatable bonds is 10. The number of hydrogen-bond donors (Lipinski definition) is 0. The first-order valence-corrected chi connectivity index (χ1v) is 14.7. The lowest BCUT2D eigenvalue weighted by Crippen LogP contribution is -2.19. The van der Waals surface area contributed by atoms with Gasteiger partial charge < -0.3 is 4.74 Å². The molecule has 0 bridgehead atoms. The Labute approximate surface area is 232 Å². The van der Waals surface area contributed by atoms with Gasteiger partial charge in [0.25, 0.3) is 0 Å². The molecule has 2 aromatic carbocycles. The van der Waals surface area contributed by atoms with Crippen molar-refractivity contribution in [1.82, 2.24) is 0 Å². The van der Waals surface area contributed by atoms with E-state index in [1.807, 2.05) is 0 Å². The van der Waals surface area contributed by atoms with Crippen LogP contribution in [0.5, 0.6) is 5.75 Å². The van der Waals surface area contributed by atoms with E-state index in [1.165, 1.54) is 64.2 Å². The Morgan fingerprint density at radius 1 is 0.650 bits per heavy atom. The second-order valence-corrected chi connectivity index (χ2v) is 12.1. The minimum absolute atomic E-state index is 0.431. The molecule has 8 heteroatoms. The molecule has 0 radical (unpaired) electrons. The van der Waals surface area contributed by atoms with Gasteiger partial charge in [0, 0.05) is 0 Å². The summed E-state index contributed by atoms with van der Waals surface area (Å²) in [5, 5.41) is 0. The molecular weight excluding hydrogens is 533 g/mol. The van der Waals surface area contributed by atoms with Gasteiger partial charge in [-0.2, -0.15) is 0 Å². The molecule has 40 heavy (non-hydrogen) atoms. The third-order valence-corrected chi connectivity index (χ3v) is 9.02. The lowest BCUT2D eigenvalue weighted by molar-refractivity contribution is -0.276. The molecule has 0 heterocycles. The fourth-order valence-corrected chi connectivity index (χ4v) is 6.63. The number of halogens is 7. The molecule has 1 nitrogen and oxygen atoms in total. The van der Waals surface area contributed by atoms with E-state index in [0.29, 0.717) is 30.0 Å². The Morgan fingerprint density at radius 3 is 1.57 bits per heavy atom. The monoisotopic (exact) mass is 572 g/mol. The molecule has 222 valence electrons. The maximum Gasteiger partial charge on any atom is 0.573 e. The summed E-state index contributed by atoms with van der Waals surface area (Å²) in [6.07, 6.45) is 11.4. The van der Waals surface area contributed by atoms with Crippen LogP contribution in [0.25, 0.3) is 11.1 Å². The van der Waals surface area contributed by atoms with Crippen LogP contribution in [0.4, 0.5) is 30.7 Å². The Balaban J connectivity index is 1.24. The third-order valence-electron chi connectivity index (χ3n) is 9.02. The second-order valence-electron chi connectivity index (χ2n) is 12.1. The zero-order chi connectivity index (χ0) is 28.9. The highest BCUT2D eigenvalue weighted by Crippen LogP contribution is 2.38. The van der Waals surface area contributed by atoms with Crippen LogP contribution in [0.2, 0.25) is 0 Å². The van der Waals surface area contributed by atoms with E-state index in [0.717, 1.165) is 49.1 Å². The van der Waals surface area contributed by atoms with Gasteiger partial charge >= 0.3 is 6.36 Å². The van der Waals surface area contributed by atoms with Crippen molar-refractivity contribution in [3.63, 3.8) is 0 Å². The van der Waals surface area contributed by atoms with Crippen LogP contribution in [0.15, 0.2) is 24.3 Å². The quantitative estimate of drug-likeness (QED) is 0.203. The van der Waals surface area contributed by atoms with Crippen LogP contribution in [-0.4, -0.2) is 6.36 Å². The van der Waals surface area contributed by atoms with Crippen molar-refractivity contribution in [3.8, 4) is 16.9 Å². The summed E-state index contributed by atoms with van der Waals surface area (Å²) in [6.45, 7) is 2.36. The number of ether oxygens (including phenoxy) is 1. The largest absolute Gasteiger partial charge is 0.573 e. The van der Waals surface area contributed by atoms with Crippen molar-refractivity contribution in [3.05, 3.63) is 53.1 Å². The molecule has 0 saturated heterocycles. The van der Waals surface area contributed by atoms with Gasteiger partial charge in [0.2, 0.25) is 5.75 Å². The molecule has 0 amide bonds. The average Bonchev–Trinajstić information content (AvgIpc) is 2.88. The van der Waals surface area contributed by atoms with E-state index in [1.54, 1.807) is 0 Å². The Bertz CT molecular complexity index is 1070. The van der Waals surface area contributed by atoms with Gasteiger partial charge in [-0.1, -0.05) is 84.0 Å². The van der Waals surface area contributed by atoms with E-state index in [2.05, 4.69) is 11.7 Å². The third kappa shape index (κ3) is 8.62. The SMILES string of the molecule is CC1CCC(CCCCC2CCC(CCc3cc(F)c(-c4cc(F)c(OC(F)(F)F)c(F)c4)c(F)c3)CC2)CC1. The number of benzene rings is 2. The van der Waals surface area contributed by atoms with Crippen molar-refractivity contribution in [2.24, 2.45) is 23.7 Å². The van der Waals surface area contributed by atoms with Crippen LogP contribution >= 0.6 is 0 Å². The fraction of sp³-hybridized carbons (Fsp3) is 0.625. The second kappa shape index (κ2) is 13.6. The first-order valence-electron chi connectivity index (χ1n) is 14.7. The summed E-state index contributed by atoms with van der Waals surface area (Å²) in [4.78, 5) is 0. The van der Waals surface area contributed by atoms with Gasteiger partial charge in [0.15, 0.2) is 11.6 Å². The Morgan fingerprint density at radius 2 is 1.10 bits per heavy atom. The predicted octanol–water partition coefficient (Wildman–Crippen LogP) is 10.9. The summed E-state index contributed by atoms with van der Waals surface area (Å²) in [7, 11) is 0. The van der Waals surface area contributed by atoms with E-state index in [4.69, 9.17) is 0 Å². The average molecular weight is 573 g/mol. The summed E-state index contributed by atoms with van der Waals surface area (Å²) in [5.74, 6) is -4.03. The molecule has 0 aliphatic heterocycles. The standard InChI is InChI=1S/C32H39F7O/c1-20-6-8-21(9-7-20)4-2-3-5-22-10-12-23(13-11-22)14-15-24-16-26(33)30(27(34)17-24)25-18-28(35)31(29(36)19-25)40-32(37,38)39/h16-23H,2-15H2,1H3. The van der Waals surface area contributed by atoms with E-state index in [9.17, 15) is 30.7 Å². The minimum Gasteiger partial charge on any atom is -0.399 e. The molecular formula is C32H39F7O. The van der Waals surface area contributed by atoms with Gasteiger partial charge in [-0.05, 0) is 71.9 Å². The number of hydrogen-bond acceptors (Lipinski definition) is 1. The molecule has 0 atom stereocenters. The molecule has 2 fully saturated rings. The van der Waals surface area contributed by atoms with E-state index in [-0.39, 0.29) is 0 Å². The van der Waals surface area contributed by atoms with Gasteiger partial charge in [-0.3, -0.25) is 0 Å². The fourth-order valence-electron chi connectivity index (χ4n) is 6.63. The van der Waals surface area contributed by atoms with Crippen molar-refractivity contribution >= 4 is 0 Å². The normalized spacial score (nSPS) is 23.8. The topological polar surface area (TPSA) is 9.23 Å². The van der Waals surface area contributed by atoms with Gasteiger partial charge in [0.05, 0.1) is 5.56 Å². The zero-order valence-electron chi connectivity index (χ0n) is 23.1. The first-order chi connectivity index (χ1) is 19.0. The van der Waals surface area contributed by atoms with Gasteiger partial charge in [0.1, 0.15) is 11.6 Å². The molecule has 0 unspecified atom stereocenters. The van der Waals surface area contributed by atoms with Crippen molar-refractivity contribution in [2.45, 2.75) is 103 Å². The van der Waals surface area contributed by atoms with Crippen molar-refractivity contribution in [2.75, 3.05) is 0 Å². The van der Waals surface area contributed by atoms with Crippen LogP contribution in [0, 0.1) is 46.9 Å². The molecule has 2 aromatic rings. The lowest BCUT2D eigenvalue weighted by atomic mass is 9.77. The molecule has 2 saturated carbocycles. The zero-order valence-corrected chi connectivity index (χ0v) is 23.1. The van der Waals surface area contributed by atoms with Crippen molar-refractivity contribution in [1.29, 1.82) is 0 Å². The van der Waals surface area contributed by atoms with Gasteiger partial charge in [-0.25, -0.2) is 17.6 Å². The molecule has 2 aliphatic rings. The number of unbranched alkanes of at least 4 members (excludes halogenated alkanes) is 1. The highest BCUT2D eigenvalue weighted by Gasteiger charge is 2.34. The van der Waals surface area contributed by atoms with Gasteiger partial charge in [-0.15, -0.1) is 13.2 Å². The summed E-state index contributed by atoms with van der Waals surface area (Å²) < 4.78 is 98.3. The summed E-state index contributed by atoms with van der Waals surface area (Å²) in [5.41, 5.74) is -0.799.